The van der Waals surface area contributed by atoms with E-state index in [-0.39, 0.29) is 0 Å². The first-order chi connectivity index (χ1) is 8.65. The van der Waals surface area contributed by atoms with Crippen LogP contribution < -0.4 is 0 Å². The molecule has 0 aromatic heterocycles. The minimum atomic E-state index is -0.884. The second-order valence-electron chi connectivity index (χ2n) is 3.75. The lowest BCUT2D eigenvalue weighted by Gasteiger charge is -2.03. The Morgan fingerprint density at radius 3 is 2.56 bits per heavy atom. The summed E-state index contributed by atoms with van der Waals surface area (Å²) in [5.41, 5.74) is 1.35. The van der Waals surface area contributed by atoms with Gasteiger partial charge in [-0.15, -0.1) is 11.8 Å². The Bertz CT molecular complexity index is 552. The van der Waals surface area contributed by atoms with Crippen molar-refractivity contribution in [3.8, 4) is 0 Å². The van der Waals surface area contributed by atoms with E-state index in [0.29, 0.717) is 5.56 Å². The molecule has 0 saturated carbocycles. The third kappa shape index (κ3) is 3.62. The van der Waals surface area contributed by atoms with E-state index >= 15 is 0 Å². The molecule has 0 radical (unpaired) electrons. The number of hydrogen-bond donors (Lipinski definition) is 1. The first-order valence-electron chi connectivity index (χ1n) is 5.36. The van der Waals surface area contributed by atoms with Gasteiger partial charge in [-0.3, -0.25) is 0 Å². The third-order valence-corrected chi connectivity index (χ3v) is 4.00. The van der Waals surface area contributed by atoms with Crippen molar-refractivity contribution >= 4 is 33.7 Å². The minimum Gasteiger partial charge on any atom is -0.478 e. The maximum absolute atomic E-state index is 10.9. The molecule has 0 aliphatic rings. The average molecular weight is 323 g/mol. The van der Waals surface area contributed by atoms with Crippen molar-refractivity contribution in [2.24, 2.45) is 0 Å². The first kappa shape index (κ1) is 13.2. The fourth-order valence-electron chi connectivity index (χ4n) is 1.49. The first-order valence-corrected chi connectivity index (χ1v) is 7.13. The molecule has 18 heavy (non-hydrogen) atoms. The zero-order valence-electron chi connectivity index (χ0n) is 9.47. The second-order valence-corrected chi connectivity index (χ2v) is 5.71. The van der Waals surface area contributed by atoms with Gasteiger partial charge in [-0.25, -0.2) is 4.79 Å². The molecule has 0 amide bonds. The molecule has 0 atom stereocenters. The predicted molar refractivity (Wildman–Crippen MR) is 77.1 cm³/mol. The van der Waals surface area contributed by atoms with Crippen molar-refractivity contribution in [1.29, 1.82) is 0 Å². The van der Waals surface area contributed by atoms with Gasteiger partial charge in [0.15, 0.2) is 0 Å². The van der Waals surface area contributed by atoms with Crippen LogP contribution in [0.2, 0.25) is 0 Å². The molecule has 0 aliphatic carbocycles. The van der Waals surface area contributed by atoms with Crippen LogP contribution in [0.1, 0.15) is 15.9 Å². The Kier molecular flexibility index (Phi) is 4.44. The van der Waals surface area contributed by atoms with Crippen molar-refractivity contribution in [3.05, 3.63) is 64.1 Å². The maximum atomic E-state index is 10.9. The summed E-state index contributed by atoms with van der Waals surface area (Å²) in [4.78, 5) is 12.0. The highest BCUT2D eigenvalue weighted by Crippen LogP contribution is 2.24. The van der Waals surface area contributed by atoms with Gasteiger partial charge in [-0.2, -0.15) is 0 Å². The van der Waals surface area contributed by atoms with Crippen molar-refractivity contribution in [3.63, 3.8) is 0 Å². The van der Waals surface area contributed by atoms with Crippen molar-refractivity contribution in [2.75, 3.05) is 0 Å². The molecule has 0 spiro atoms. The number of aromatic carboxylic acids is 1. The van der Waals surface area contributed by atoms with Crippen LogP contribution in [0.25, 0.3) is 0 Å². The van der Waals surface area contributed by atoms with Gasteiger partial charge in [0.2, 0.25) is 0 Å². The Morgan fingerprint density at radius 2 is 1.89 bits per heavy atom. The van der Waals surface area contributed by atoms with E-state index in [1.807, 2.05) is 30.3 Å². The monoisotopic (exact) mass is 322 g/mol. The van der Waals surface area contributed by atoms with Crippen molar-refractivity contribution in [1.82, 2.24) is 0 Å². The van der Waals surface area contributed by atoms with Gasteiger partial charge < -0.3 is 5.11 Å². The van der Waals surface area contributed by atoms with Gasteiger partial charge in [0, 0.05) is 15.1 Å². The van der Waals surface area contributed by atoms with Crippen LogP contribution in [0.15, 0.2) is 57.9 Å². The van der Waals surface area contributed by atoms with E-state index < -0.39 is 5.97 Å². The Balaban J connectivity index is 2.04. The zero-order valence-corrected chi connectivity index (χ0v) is 11.9. The molecule has 4 heteroatoms. The number of halogens is 1. The highest BCUT2D eigenvalue weighted by atomic mass is 79.9. The van der Waals surface area contributed by atoms with Crippen LogP contribution in [0.3, 0.4) is 0 Å². The molecular formula is C14H11BrO2S. The van der Waals surface area contributed by atoms with E-state index in [0.717, 1.165) is 15.8 Å². The lowest BCUT2D eigenvalue weighted by molar-refractivity contribution is 0.0697. The Hall–Kier alpha value is -1.26. The topological polar surface area (TPSA) is 37.3 Å². The summed E-state index contributed by atoms with van der Waals surface area (Å²) in [6, 6.07) is 15.1. The van der Waals surface area contributed by atoms with Crippen LogP contribution in [0.4, 0.5) is 0 Å². The fourth-order valence-corrected chi connectivity index (χ4v) is 2.60. The number of rotatable bonds is 4. The number of carbonyl (C=O) groups is 1. The molecule has 2 aromatic rings. The van der Waals surface area contributed by atoms with Crippen molar-refractivity contribution < 1.29 is 9.90 Å². The lowest BCUT2D eigenvalue weighted by atomic mass is 10.1. The number of thioether (sulfide) groups is 1. The molecule has 0 unspecified atom stereocenters. The highest BCUT2D eigenvalue weighted by Gasteiger charge is 2.03. The summed E-state index contributed by atoms with van der Waals surface area (Å²) in [6.07, 6.45) is 0. The van der Waals surface area contributed by atoms with E-state index in [4.69, 9.17) is 5.11 Å². The number of benzene rings is 2. The molecule has 2 aromatic carbocycles. The van der Waals surface area contributed by atoms with E-state index in [1.165, 1.54) is 4.90 Å². The summed E-state index contributed by atoms with van der Waals surface area (Å²) in [7, 11) is 0. The van der Waals surface area contributed by atoms with Crippen LogP contribution in [-0.4, -0.2) is 11.1 Å². The number of carboxylic acids is 1. The highest BCUT2D eigenvalue weighted by molar-refractivity contribution is 9.10. The molecule has 1 N–H and O–H groups in total. The normalized spacial score (nSPS) is 10.3. The average Bonchev–Trinajstić information content (AvgIpc) is 2.38. The van der Waals surface area contributed by atoms with Crippen LogP contribution >= 0.6 is 27.7 Å². The summed E-state index contributed by atoms with van der Waals surface area (Å²) in [5, 5.41) is 8.91. The molecular weight excluding hydrogens is 312 g/mol. The lowest BCUT2D eigenvalue weighted by Crippen LogP contribution is -1.96. The van der Waals surface area contributed by atoms with E-state index in [2.05, 4.69) is 15.9 Å². The van der Waals surface area contributed by atoms with Gasteiger partial charge in [0.05, 0.1) is 5.56 Å². The maximum Gasteiger partial charge on any atom is 0.335 e. The van der Waals surface area contributed by atoms with E-state index in [1.54, 1.807) is 30.0 Å². The molecule has 2 rings (SSSR count). The summed E-state index contributed by atoms with van der Waals surface area (Å²) < 4.78 is 1.06. The largest absolute Gasteiger partial charge is 0.478 e. The standard InChI is InChI=1S/C14H11BrO2S/c15-12-4-6-13(7-5-12)18-9-10-2-1-3-11(8-10)14(16)17/h1-8H,9H2,(H,16,17). The summed E-state index contributed by atoms with van der Waals surface area (Å²) in [6.45, 7) is 0. The molecule has 2 nitrogen and oxygen atoms in total. The molecule has 0 heterocycles. The number of carboxylic acid groups (broad SMARTS) is 1. The number of hydrogen-bond acceptors (Lipinski definition) is 2. The second kappa shape index (κ2) is 6.07. The van der Waals surface area contributed by atoms with E-state index in [9.17, 15) is 4.79 Å². The Morgan fingerprint density at radius 1 is 1.17 bits per heavy atom. The van der Waals surface area contributed by atoms with Gasteiger partial charge in [-0.1, -0.05) is 28.1 Å². The molecule has 0 fully saturated rings. The van der Waals surface area contributed by atoms with Crippen LogP contribution in [0, 0.1) is 0 Å². The van der Waals surface area contributed by atoms with Gasteiger partial charge >= 0.3 is 5.97 Å². The molecule has 0 saturated heterocycles. The van der Waals surface area contributed by atoms with Crippen molar-refractivity contribution in [2.45, 2.75) is 10.6 Å². The fraction of sp³-hybridized carbons (Fsp3) is 0.0714. The SMILES string of the molecule is O=C(O)c1cccc(CSc2ccc(Br)cc2)c1. The predicted octanol–water partition coefficient (Wildman–Crippen LogP) is 4.44. The molecule has 0 aliphatic heterocycles. The smallest absolute Gasteiger partial charge is 0.335 e. The molecule has 0 bridgehead atoms. The van der Waals surface area contributed by atoms with Crippen LogP contribution in [-0.2, 0) is 5.75 Å². The Labute approximate surface area is 118 Å². The zero-order chi connectivity index (χ0) is 13.0. The summed E-state index contributed by atoms with van der Waals surface area (Å²) in [5.74, 6) is -0.117. The summed E-state index contributed by atoms with van der Waals surface area (Å²) >= 11 is 5.08. The molecule has 92 valence electrons. The van der Waals surface area contributed by atoms with Gasteiger partial charge in [0.1, 0.15) is 0 Å². The van der Waals surface area contributed by atoms with Crippen LogP contribution in [0.5, 0.6) is 0 Å². The van der Waals surface area contributed by atoms with Gasteiger partial charge in [-0.05, 0) is 42.0 Å². The minimum absolute atomic E-state index is 0.337. The van der Waals surface area contributed by atoms with Gasteiger partial charge in [0.25, 0.3) is 0 Å². The third-order valence-electron chi connectivity index (χ3n) is 2.39. The quantitative estimate of drug-likeness (QED) is 0.845.